The topological polar surface area (TPSA) is 85.1 Å². The molecule has 0 radical (unpaired) electrons. The minimum Gasteiger partial charge on any atom is -0.382 e. The molecule has 0 atom stereocenters. The van der Waals surface area contributed by atoms with E-state index in [2.05, 4.69) is 10.3 Å². The second-order valence-corrected chi connectivity index (χ2v) is 5.41. The maximum Gasteiger partial charge on any atom is 0.210 e. The number of nitrogens with one attached hydrogen (secondary N) is 1. The van der Waals surface area contributed by atoms with E-state index in [9.17, 15) is 8.42 Å². The van der Waals surface area contributed by atoms with Crippen molar-refractivity contribution in [3.63, 3.8) is 0 Å². The number of nitrogens with zero attached hydrogens (tertiary/aromatic N) is 1. The van der Waals surface area contributed by atoms with Crippen molar-refractivity contribution in [2.24, 2.45) is 5.14 Å². The number of fused-ring (bicyclic) bond motifs is 1. The Morgan fingerprint density at radius 2 is 2.00 bits per heavy atom. The van der Waals surface area contributed by atoms with Crippen LogP contribution in [0, 0.1) is 0 Å². The predicted molar refractivity (Wildman–Crippen MR) is 68.2 cm³/mol. The molecule has 0 saturated carbocycles. The van der Waals surface area contributed by atoms with Crippen LogP contribution in [0.3, 0.4) is 0 Å². The molecule has 1 aromatic heterocycles. The first-order valence-electron chi connectivity index (χ1n) is 5.14. The highest BCUT2D eigenvalue weighted by Crippen LogP contribution is 2.20. The summed E-state index contributed by atoms with van der Waals surface area (Å²) in [6.45, 7) is 0.272. The standard InChI is InChI=1S/C11H13N3O2S/c12-17(15,16)8-7-13-10-5-1-3-9-4-2-6-14-11(9)10/h1-6,13H,7-8H2,(H2,12,15,16). The van der Waals surface area contributed by atoms with Gasteiger partial charge in [-0.2, -0.15) is 0 Å². The molecule has 0 saturated heterocycles. The van der Waals surface area contributed by atoms with Crippen molar-refractivity contribution in [2.75, 3.05) is 17.6 Å². The van der Waals surface area contributed by atoms with Crippen LogP contribution in [0.15, 0.2) is 36.5 Å². The molecule has 0 fully saturated rings. The van der Waals surface area contributed by atoms with Crippen LogP contribution in [-0.2, 0) is 10.0 Å². The van der Waals surface area contributed by atoms with Gasteiger partial charge in [-0.15, -0.1) is 0 Å². The van der Waals surface area contributed by atoms with Crippen LogP contribution in [0.4, 0.5) is 5.69 Å². The number of aromatic nitrogens is 1. The first kappa shape index (κ1) is 11.8. The lowest BCUT2D eigenvalue weighted by molar-refractivity contribution is 0.598. The molecular weight excluding hydrogens is 238 g/mol. The van der Waals surface area contributed by atoms with E-state index in [1.807, 2.05) is 30.3 Å². The fourth-order valence-electron chi connectivity index (χ4n) is 1.57. The van der Waals surface area contributed by atoms with Crippen molar-refractivity contribution >= 4 is 26.6 Å². The fourth-order valence-corrected chi connectivity index (χ4v) is 1.96. The monoisotopic (exact) mass is 251 g/mol. The maximum absolute atomic E-state index is 10.8. The Kier molecular flexibility index (Phi) is 3.26. The molecule has 0 bridgehead atoms. The molecule has 0 unspecified atom stereocenters. The molecule has 90 valence electrons. The summed E-state index contributed by atoms with van der Waals surface area (Å²) >= 11 is 0. The molecule has 0 amide bonds. The Labute approximate surface area is 99.7 Å². The van der Waals surface area contributed by atoms with Gasteiger partial charge in [0.1, 0.15) is 0 Å². The van der Waals surface area contributed by atoms with E-state index in [-0.39, 0.29) is 12.3 Å². The molecule has 2 rings (SSSR count). The van der Waals surface area contributed by atoms with E-state index < -0.39 is 10.0 Å². The number of hydrogen-bond acceptors (Lipinski definition) is 4. The third kappa shape index (κ3) is 3.15. The first-order valence-corrected chi connectivity index (χ1v) is 6.86. The zero-order valence-corrected chi connectivity index (χ0v) is 9.94. The minimum absolute atomic E-state index is 0.101. The summed E-state index contributed by atoms with van der Waals surface area (Å²) in [5, 5.41) is 8.96. The van der Waals surface area contributed by atoms with Crippen molar-refractivity contribution in [2.45, 2.75) is 0 Å². The highest BCUT2D eigenvalue weighted by atomic mass is 32.2. The quantitative estimate of drug-likeness (QED) is 0.846. The van der Waals surface area contributed by atoms with Crippen LogP contribution in [0.25, 0.3) is 10.9 Å². The Morgan fingerprint density at radius 1 is 1.24 bits per heavy atom. The van der Waals surface area contributed by atoms with Crippen molar-refractivity contribution in [1.82, 2.24) is 4.98 Å². The van der Waals surface area contributed by atoms with Gasteiger partial charge in [-0.1, -0.05) is 18.2 Å². The molecule has 0 aliphatic carbocycles. The van der Waals surface area contributed by atoms with Crippen molar-refractivity contribution in [3.8, 4) is 0 Å². The third-order valence-corrected chi connectivity index (χ3v) is 3.11. The summed E-state index contributed by atoms with van der Waals surface area (Å²) in [6, 6.07) is 9.51. The lowest BCUT2D eigenvalue weighted by Crippen LogP contribution is -2.22. The average Bonchev–Trinajstić information content (AvgIpc) is 2.28. The van der Waals surface area contributed by atoms with Gasteiger partial charge in [0.15, 0.2) is 0 Å². The van der Waals surface area contributed by atoms with Gasteiger partial charge in [-0.3, -0.25) is 4.98 Å². The largest absolute Gasteiger partial charge is 0.382 e. The van der Waals surface area contributed by atoms with Gasteiger partial charge in [-0.05, 0) is 12.1 Å². The van der Waals surface area contributed by atoms with Gasteiger partial charge < -0.3 is 5.32 Å². The summed E-state index contributed by atoms with van der Waals surface area (Å²) in [7, 11) is -3.43. The number of nitrogens with two attached hydrogens (primary N) is 1. The number of benzene rings is 1. The van der Waals surface area contributed by atoms with Crippen LogP contribution in [0.2, 0.25) is 0 Å². The number of rotatable bonds is 4. The normalized spacial score (nSPS) is 11.6. The van der Waals surface area contributed by atoms with Crippen molar-refractivity contribution < 1.29 is 8.42 Å². The number of para-hydroxylation sites is 1. The molecule has 2 aromatic rings. The van der Waals surface area contributed by atoms with Gasteiger partial charge in [0.2, 0.25) is 10.0 Å². The zero-order chi connectivity index (χ0) is 12.3. The van der Waals surface area contributed by atoms with Gasteiger partial charge >= 0.3 is 0 Å². The molecule has 6 heteroatoms. The molecular formula is C11H13N3O2S. The predicted octanol–water partition coefficient (Wildman–Crippen LogP) is 0.935. The van der Waals surface area contributed by atoms with Crippen LogP contribution in [-0.4, -0.2) is 25.7 Å². The molecule has 0 aliphatic heterocycles. The van der Waals surface area contributed by atoms with E-state index in [4.69, 9.17) is 5.14 Å². The molecule has 17 heavy (non-hydrogen) atoms. The van der Waals surface area contributed by atoms with E-state index >= 15 is 0 Å². The molecule has 1 heterocycles. The van der Waals surface area contributed by atoms with Gasteiger partial charge in [0.05, 0.1) is 17.0 Å². The van der Waals surface area contributed by atoms with Crippen molar-refractivity contribution in [3.05, 3.63) is 36.5 Å². The number of pyridine rings is 1. The number of sulfonamides is 1. The molecule has 0 spiro atoms. The average molecular weight is 251 g/mol. The molecule has 5 nitrogen and oxygen atoms in total. The minimum atomic E-state index is -3.43. The molecule has 3 N–H and O–H groups in total. The second kappa shape index (κ2) is 4.68. The van der Waals surface area contributed by atoms with E-state index in [1.165, 1.54) is 0 Å². The van der Waals surface area contributed by atoms with E-state index in [0.29, 0.717) is 0 Å². The summed E-state index contributed by atoms with van der Waals surface area (Å²) in [6.07, 6.45) is 1.70. The summed E-state index contributed by atoms with van der Waals surface area (Å²) < 4.78 is 21.6. The highest BCUT2D eigenvalue weighted by Gasteiger charge is 2.04. The first-order chi connectivity index (χ1) is 8.06. The van der Waals surface area contributed by atoms with Gasteiger partial charge in [-0.25, -0.2) is 13.6 Å². The van der Waals surface area contributed by atoms with Gasteiger partial charge in [0, 0.05) is 18.1 Å². The Morgan fingerprint density at radius 3 is 2.76 bits per heavy atom. The van der Waals surface area contributed by atoms with Crippen LogP contribution in [0.1, 0.15) is 0 Å². The Balaban J connectivity index is 2.19. The van der Waals surface area contributed by atoms with E-state index in [0.717, 1.165) is 16.6 Å². The van der Waals surface area contributed by atoms with E-state index in [1.54, 1.807) is 6.20 Å². The second-order valence-electron chi connectivity index (χ2n) is 3.67. The maximum atomic E-state index is 10.8. The summed E-state index contributed by atoms with van der Waals surface area (Å²) in [4.78, 5) is 4.25. The smallest absolute Gasteiger partial charge is 0.210 e. The van der Waals surface area contributed by atoms with Crippen molar-refractivity contribution in [1.29, 1.82) is 0 Å². The SMILES string of the molecule is NS(=O)(=O)CCNc1cccc2cccnc12. The van der Waals surface area contributed by atoms with Crippen LogP contribution >= 0.6 is 0 Å². The Hall–Kier alpha value is -1.66. The van der Waals surface area contributed by atoms with Gasteiger partial charge in [0.25, 0.3) is 0 Å². The molecule has 0 aliphatic rings. The number of hydrogen-bond donors (Lipinski definition) is 2. The third-order valence-electron chi connectivity index (χ3n) is 2.33. The van der Waals surface area contributed by atoms with Crippen LogP contribution in [0.5, 0.6) is 0 Å². The summed E-state index contributed by atoms with van der Waals surface area (Å²) in [5.41, 5.74) is 1.64. The number of anilines is 1. The van der Waals surface area contributed by atoms with Crippen LogP contribution < -0.4 is 10.5 Å². The zero-order valence-electron chi connectivity index (χ0n) is 9.13. The fraction of sp³-hybridized carbons (Fsp3) is 0.182. The lowest BCUT2D eigenvalue weighted by Gasteiger charge is -2.07. The Bertz CT molecular complexity index is 620. The summed E-state index contributed by atoms with van der Waals surface area (Å²) in [5.74, 6) is -0.101. The lowest BCUT2D eigenvalue weighted by atomic mass is 10.2. The highest BCUT2D eigenvalue weighted by molar-refractivity contribution is 7.89. The molecule has 1 aromatic carbocycles. The number of primary sulfonamides is 1.